The molecule has 50 heavy (non-hydrogen) atoms. The number of rotatable bonds is 33. The highest BCUT2D eigenvalue weighted by molar-refractivity contribution is 6.61. The molecule has 14 nitrogen and oxygen atoms in total. The Kier molecular flexibility index (Phi) is 22.9. The zero-order chi connectivity index (χ0) is 36.5. The minimum atomic E-state index is -2.66. The van der Waals surface area contributed by atoms with E-state index in [0.717, 1.165) is 62.3 Å². The highest BCUT2D eigenvalue weighted by Gasteiger charge is 2.40. The lowest BCUT2D eigenvalue weighted by atomic mass is 10.0. The lowest BCUT2D eigenvalue weighted by Gasteiger charge is -2.28. The van der Waals surface area contributed by atoms with Crippen LogP contribution < -0.4 is 11.5 Å². The van der Waals surface area contributed by atoms with Crippen LogP contribution in [0.25, 0.3) is 0 Å². The van der Waals surface area contributed by atoms with Gasteiger partial charge in [0.25, 0.3) is 0 Å². The predicted molar refractivity (Wildman–Crippen MR) is 203 cm³/mol. The number of aromatic nitrogens is 6. The molecule has 0 atom stereocenters. The summed E-state index contributed by atoms with van der Waals surface area (Å²) in [6.45, 7) is 16.7. The molecule has 2 heterocycles. The summed E-state index contributed by atoms with van der Waals surface area (Å²) in [5.74, 6) is 2.62. The number of anilines is 2. The fourth-order valence-corrected chi connectivity index (χ4v) is 11.4. The van der Waals surface area contributed by atoms with Gasteiger partial charge in [-0.3, -0.25) is 0 Å². The summed E-state index contributed by atoms with van der Waals surface area (Å²) in [6, 6.07) is 1.47. The molecule has 16 heteroatoms. The Bertz CT molecular complexity index is 1020. The zero-order valence-electron chi connectivity index (χ0n) is 32.3. The van der Waals surface area contributed by atoms with E-state index in [1.807, 2.05) is 41.5 Å². The first-order chi connectivity index (χ1) is 24.3. The lowest BCUT2D eigenvalue weighted by Crippen LogP contribution is -2.46. The maximum absolute atomic E-state index is 6.17. The molecule has 0 aliphatic rings. The largest absolute Gasteiger partial charge is 0.500 e. The van der Waals surface area contributed by atoms with Gasteiger partial charge in [0, 0.05) is 77.7 Å². The highest BCUT2D eigenvalue weighted by Crippen LogP contribution is 2.21. The summed E-state index contributed by atoms with van der Waals surface area (Å²) < 4.78 is 39.4. The van der Waals surface area contributed by atoms with Crippen LogP contribution in [0.1, 0.15) is 130 Å². The fraction of sp³-hybridized carbons (Fsp3) is 0.882. The Labute approximate surface area is 304 Å². The molecule has 0 saturated carbocycles. The van der Waals surface area contributed by atoms with Crippen molar-refractivity contribution in [3.8, 4) is 0 Å². The van der Waals surface area contributed by atoms with Crippen molar-refractivity contribution in [2.75, 3.05) is 51.1 Å². The SMILES string of the molecule is CCO[Si](CCCn1nc(CCCCCCCCCCCCc2nc(N)n(CCC[Si](OCC)(OCC)OCC)n2)nc1N)(OCC)OCC. The average Bonchev–Trinajstić information content (AvgIpc) is 3.62. The summed E-state index contributed by atoms with van der Waals surface area (Å²) in [6.07, 6.45) is 15.6. The van der Waals surface area contributed by atoms with E-state index in [1.54, 1.807) is 9.36 Å². The van der Waals surface area contributed by atoms with Crippen molar-refractivity contribution in [2.45, 2.75) is 157 Å². The second kappa shape index (κ2) is 25.9. The predicted octanol–water partition coefficient (Wildman–Crippen LogP) is 6.60. The van der Waals surface area contributed by atoms with Gasteiger partial charge in [0.1, 0.15) is 0 Å². The van der Waals surface area contributed by atoms with E-state index in [4.69, 9.17) is 38.0 Å². The second-order valence-electron chi connectivity index (χ2n) is 12.4. The quantitative estimate of drug-likeness (QED) is 0.0595. The summed E-state index contributed by atoms with van der Waals surface area (Å²) in [4.78, 5) is 9.00. The molecule has 0 unspecified atom stereocenters. The Morgan fingerprint density at radius 3 is 1.00 bits per heavy atom. The topological polar surface area (TPSA) is 169 Å². The molecule has 2 rings (SSSR count). The summed E-state index contributed by atoms with van der Waals surface area (Å²) in [5.41, 5.74) is 12.3. The van der Waals surface area contributed by atoms with Crippen molar-refractivity contribution >= 4 is 29.5 Å². The first-order valence-electron chi connectivity index (χ1n) is 19.5. The van der Waals surface area contributed by atoms with Crippen LogP contribution in [0.5, 0.6) is 0 Å². The van der Waals surface area contributed by atoms with Gasteiger partial charge in [0.05, 0.1) is 0 Å². The van der Waals surface area contributed by atoms with Crippen LogP contribution in [0.4, 0.5) is 11.9 Å². The van der Waals surface area contributed by atoms with Gasteiger partial charge in [0.15, 0.2) is 11.6 Å². The molecule has 0 amide bonds. The molecule has 2 aromatic rings. The van der Waals surface area contributed by atoms with Crippen molar-refractivity contribution in [1.82, 2.24) is 29.5 Å². The number of nitrogen functional groups attached to an aromatic ring is 2. The van der Waals surface area contributed by atoms with E-state index < -0.39 is 17.6 Å². The maximum Gasteiger partial charge on any atom is 0.500 e. The van der Waals surface area contributed by atoms with Gasteiger partial charge >= 0.3 is 17.6 Å². The third-order valence-electron chi connectivity index (χ3n) is 8.43. The molecule has 0 fully saturated rings. The van der Waals surface area contributed by atoms with Crippen molar-refractivity contribution in [2.24, 2.45) is 0 Å². The Morgan fingerprint density at radius 1 is 0.440 bits per heavy atom. The van der Waals surface area contributed by atoms with Crippen LogP contribution in [-0.2, 0) is 52.5 Å². The van der Waals surface area contributed by atoms with Gasteiger partial charge in [0.2, 0.25) is 11.9 Å². The minimum absolute atomic E-state index is 0.476. The molecule has 0 aromatic carbocycles. The third kappa shape index (κ3) is 16.6. The highest BCUT2D eigenvalue weighted by atomic mass is 28.4. The molecule has 2 aromatic heterocycles. The van der Waals surface area contributed by atoms with E-state index in [1.165, 1.54) is 51.4 Å². The first-order valence-corrected chi connectivity index (χ1v) is 23.4. The Hall–Kier alpha value is -1.93. The average molecular weight is 743 g/mol. The molecule has 0 spiro atoms. The van der Waals surface area contributed by atoms with Crippen LogP contribution in [-0.4, -0.2) is 86.8 Å². The summed E-state index contributed by atoms with van der Waals surface area (Å²) in [5, 5.41) is 9.32. The number of aryl methyl sites for hydroxylation is 4. The third-order valence-corrected chi connectivity index (χ3v) is 14.7. The van der Waals surface area contributed by atoms with E-state index in [-0.39, 0.29) is 0 Å². The number of nitrogens with zero attached hydrogens (tertiary/aromatic N) is 6. The van der Waals surface area contributed by atoms with E-state index in [9.17, 15) is 0 Å². The van der Waals surface area contributed by atoms with Crippen molar-refractivity contribution in [3.63, 3.8) is 0 Å². The summed E-state index contributed by atoms with van der Waals surface area (Å²) >= 11 is 0. The second-order valence-corrected chi connectivity index (χ2v) is 17.9. The minimum Gasteiger partial charge on any atom is -0.374 e. The Morgan fingerprint density at radius 2 is 0.720 bits per heavy atom. The van der Waals surface area contributed by atoms with Crippen molar-refractivity contribution in [1.29, 1.82) is 0 Å². The van der Waals surface area contributed by atoms with Gasteiger partial charge in [-0.25, -0.2) is 9.36 Å². The van der Waals surface area contributed by atoms with Gasteiger partial charge in [-0.05, 0) is 67.2 Å². The number of hydrogen-bond acceptors (Lipinski definition) is 12. The van der Waals surface area contributed by atoms with Crippen LogP contribution in [0.15, 0.2) is 0 Å². The number of unbranched alkanes of at least 4 members (excludes halogenated alkanes) is 9. The summed E-state index contributed by atoms with van der Waals surface area (Å²) in [7, 11) is -5.31. The van der Waals surface area contributed by atoms with E-state index >= 15 is 0 Å². The van der Waals surface area contributed by atoms with Gasteiger partial charge in [-0.15, -0.1) is 0 Å². The van der Waals surface area contributed by atoms with Gasteiger partial charge in [-0.2, -0.15) is 20.2 Å². The molecule has 0 radical (unpaired) electrons. The number of hydrogen-bond donors (Lipinski definition) is 2. The zero-order valence-corrected chi connectivity index (χ0v) is 34.3. The molecule has 290 valence electrons. The molecule has 0 aliphatic heterocycles. The molecule has 0 aliphatic carbocycles. The van der Waals surface area contributed by atoms with Gasteiger partial charge in [-0.1, -0.05) is 51.4 Å². The first kappa shape index (κ1) is 44.2. The van der Waals surface area contributed by atoms with Crippen molar-refractivity contribution in [3.05, 3.63) is 11.6 Å². The fourth-order valence-electron chi connectivity index (χ4n) is 6.22. The molecule has 0 bridgehead atoms. The van der Waals surface area contributed by atoms with Crippen LogP contribution in [0.3, 0.4) is 0 Å². The van der Waals surface area contributed by atoms with Crippen molar-refractivity contribution < 1.29 is 26.6 Å². The maximum atomic E-state index is 6.17. The Balaban J connectivity index is 1.53. The molecule has 4 N–H and O–H groups in total. The van der Waals surface area contributed by atoms with Gasteiger partial charge < -0.3 is 38.0 Å². The normalized spacial score (nSPS) is 12.4. The van der Waals surface area contributed by atoms with Crippen LogP contribution in [0, 0.1) is 0 Å². The van der Waals surface area contributed by atoms with E-state index in [2.05, 4.69) is 20.2 Å². The monoisotopic (exact) mass is 742 g/mol. The standard InChI is InChI=1S/C34H70N8O6Si2/c1-7-43-49(44-8-2,45-9-3)29-23-27-41-33(35)37-31(39-41)25-21-19-17-15-13-14-16-18-20-22-26-32-38-34(36)42(40-32)28-24-30-50(46-10-4,47-11-5)48-12-6/h7-30H2,1-6H3,(H2,35,37,39)(H2,36,38,40). The van der Waals surface area contributed by atoms with E-state index in [0.29, 0.717) is 64.6 Å². The van der Waals surface area contributed by atoms with Crippen LogP contribution in [0.2, 0.25) is 12.1 Å². The molecular weight excluding hydrogens is 673 g/mol. The lowest BCUT2D eigenvalue weighted by molar-refractivity contribution is 0.0696. The smallest absolute Gasteiger partial charge is 0.374 e. The number of nitrogens with two attached hydrogens (primary N) is 2. The molecule has 0 saturated heterocycles. The molecular formula is C34H70N8O6Si2. The van der Waals surface area contributed by atoms with Crippen LogP contribution >= 0.6 is 0 Å².